The maximum atomic E-state index is 12.9. The van der Waals surface area contributed by atoms with Crippen LogP contribution in [-0.2, 0) is 26.2 Å². The Morgan fingerprint density at radius 2 is 2.04 bits per heavy atom. The molecule has 8 nitrogen and oxygen atoms in total. The zero-order valence-corrected chi connectivity index (χ0v) is 16.5. The molecule has 3 rings (SSSR count). The van der Waals surface area contributed by atoms with E-state index in [4.69, 9.17) is 0 Å². The zero-order chi connectivity index (χ0) is 20.3. The van der Waals surface area contributed by atoms with Crippen LogP contribution in [0.1, 0.15) is 24.8 Å². The molecule has 0 radical (unpaired) electrons. The molecular formula is C18H25FN4O4S. The van der Waals surface area contributed by atoms with Gasteiger partial charge in [-0.15, -0.1) is 0 Å². The number of rotatable bonds is 7. The van der Waals surface area contributed by atoms with Crippen LogP contribution in [0.25, 0.3) is 0 Å². The van der Waals surface area contributed by atoms with Gasteiger partial charge in [0.1, 0.15) is 5.82 Å². The Kier molecular flexibility index (Phi) is 6.31. The van der Waals surface area contributed by atoms with Crippen molar-refractivity contribution >= 4 is 21.8 Å². The van der Waals surface area contributed by atoms with E-state index in [1.807, 2.05) is 4.90 Å². The van der Waals surface area contributed by atoms with Crippen LogP contribution in [0, 0.1) is 5.82 Å². The molecule has 2 heterocycles. The minimum atomic E-state index is -3.34. The van der Waals surface area contributed by atoms with E-state index in [-0.39, 0.29) is 42.2 Å². The van der Waals surface area contributed by atoms with Crippen LogP contribution in [0.4, 0.5) is 4.39 Å². The number of benzene rings is 1. The van der Waals surface area contributed by atoms with Gasteiger partial charge in [0.2, 0.25) is 21.8 Å². The van der Waals surface area contributed by atoms with Gasteiger partial charge in [0, 0.05) is 38.1 Å². The fourth-order valence-electron chi connectivity index (χ4n) is 3.82. The number of carbonyl (C=O) groups is 2. The number of nitrogens with one attached hydrogen (secondary N) is 3. The van der Waals surface area contributed by atoms with Gasteiger partial charge in [-0.2, -0.15) is 0 Å². The minimum absolute atomic E-state index is 0.0226. The quantitative estimate of drug-likeness (QED) is 0.571. The van der Waals surface area contributed by atoms with Gasteiger partial charge in [-0.3, -0.25) is 14.5 Å². The molecule has 3 atom stereocenters. The van der Waals surface area contributed by atoms with Crippen LogP contribution in [0.2, 0.25) is 0 Å². The zero-order valence-electron chi connectivity index (χ0n) is 15.7. The fraction of sp³-hybridized carbons (Fsp3) is 0.556. The molecule has 10 heteroatoms. The lowest BCUT2D eigenvalue weighted by molar-refractivity contribution is -0.129. The third kappa shape index (κ3) is 5.49. The molecule has 2 aliphatic heterocycles. The van der Waals surface area contributed by atoms with E-state index in [2.05, 4.69) is 15.4 Å². The number of hydrogen-bond acceptors (Lipinski definition) is 5. The highest BCUT2D eigenvalue weighted by molar-refractivity contribution is 7.88. The van der Waals surface area contributed by atoms with E-state index in [0.717, 1.165) is 11.8 Å². The molecule has 2 amide bonds. The molecule has 0 saturated carbocycles. The summed E-state index contributed by atoms with van der Waals surface area (Å²) in [6.07, 6.45) is 2.37. The molecule has 1 aromatic rings. The molecule has 0 aliphatic carbocycles. The smallest absolute Gasteiger partial charge is 0.237 e. The standard InChI is InChI=1S/C18H25FN4O4S/c1-28(26,27)22-14-8-16-18(25)21-10-15(23(16)11-14)6-7-17(24)20-9-12-2-4-13(19)5-3-12/h2-5,14-16,22H,6-11H2,1H3,(H,20,24)(H,21,25). The fourth-order valence-corrected chi connectivity index (χ4v) is 4.60. The summed E-state index contributed by atoms with van der Waals surface area (Å²) in [4.78, 5) is 26.3. The predicted molar refractivity (Wildman–Crippen MR) is 101 cm³/mol. The Balaban J connectivity index is 1.50. The van der Waals surface area contributed by atoms with Crippen molar-refractivity contribution in [2.24, 2.45) is 0 Å². The molecular weight excluding hydrogens is 387 g/mol. The van der Waals surface area contributed by atoms with Crippen molar-refractivity contribution < 1.29 is 22.4 Å². The first kappa shape index (κ1) is 20.7. The van der Waals surface area contributed by atoms with Crippen molar-refractivity contribution in [1.82, 2.24) is 20.3 Å². The summed E-state index contributed by atoms with van der Waals surface area (Å²) in [7, 11) is -3.34. The summed E-state index contributed by atoms with van der Waals surface area (Å²) >= 11 is 0. The first-order valence-corrected chi connectivity index (χ1v) is 11.1. The number of nitrogens with zero attached hydrogens (tertiary/aromatic N) is 1. The highest BCUT2D eigenvalue weighted by Gasteiger charge is 2.43. The molecule has 0 bridgehead atoms. The van der Waals surface area contributed by atoms with E-state index < -0.39 is 10.0 Å². The SMILES string of the molecule is CS(=O)(=O)NC1CC2C(=O)NCC(CCC(=O)NCc3ccc(F)cc3)N2C1. The van der Waals surface area contributed by atoms with Crippen molar-refractivity contribution in [3.63, 3.8) is 0 Å². The molecule has 28 heavy (non-hydrogen) atoms. The first-order valence-electron chi connectivity index (χ1n) is 9.23. The Morgan fingerprint density at radius 3 is 2.71 bits per heavy atom. The molecule has 2 saturated heterocycles. The summed E-state index contributed by atoms with van der Waals surface area (Å²) in [6.45, 7) is 1.21. The molecule has 154 valence electrons. The van der Waals surface area contributed by atoms with E-state index in [9.17, 15) is 22.4 Å². The van der Waals surface area contributed by atoms with Gasteiger partial charge in [-0.1, -0.05) is 12.1 Å². The Hall–Kier alpha value is -2.04. The van der Waals surface area contributed by atoms with Gasteiger partial charge in [0.05, 0.1) is 12.3 Å². The van der Waals surface area contributed by atoms with Gasteiger partial charge >= 0.3 is 0 Å². The van der Waals surface area contributed by atoms with Crippen molar-refractivity contribution in [3.05, 3.63) is 35.6 Å². The number of hydrogen-bond donors (Lipinski definition) is 3. The predicted octanol–water partition coefficient (Wildman–Crippen LogP) is -0.287. The van der Waals surface area contributed by atoms with Crippen molar-refractivity contribution in [3.8, 4) is 0 Å². The topological polar surface area (TPSA) is 108 Å². The van der Waals surface area contributed by atoms with E-state index in [0.29, 0.717) is 32.5 Å². The number of carbonyl (C=O) groups excluding carboxylic acids is 2. The monoisotopic (exact) mass is 412 g/mol. The second-order valence-corrected chi connectivity index (χ2v) is 9.16. The van der Waals surface area contributed by atoms with Gasteiger partial charge in [0.25, 0.3) is 0 Å². The molecule has 3 N–H and O–H groups in total. The minimum Gasteiger partial charge on any atom is -0.353 e. The van der Waals surface area contributed by atoms with Crippen molar-refractivity contribution in [2.75, 3.05) is 19.3 Å². The number of fused-ring (bicyclic) bond motifs is 1. The van der Waals surface area contributed by atoms with Gasteiger partial charge in [-0.05, 0) is 30.5 Å². The molecule has 0 spiro atoms. The third-order valence-corrected chi connectivity index (χ3v) is 5.87. The first-order chi connectivity index (χ1) is 13.2. The van der Waals surface area contributed by atoms with Crippen molar-refractivity contribution in [2.45, 2.75) is 43.9 Å². The third-order valence-electron chi connectivity index (χ3n) is 5.11. The molecule has 2 aliphatic rings. The highest BCUT2D eigenvalue weighted by Crippen LogP contribution is 2.26. The Bertz CT molecular complexity index is 830. The summed E-state index contributed by atoms with van der Waals surface area (Å²) in [6, 6.07) is 5.23. The van der Waals surface area contributed by atoms with E-state index in [1.54, 1.807) is 12.1 Å². The molecule has 2 fully saturated rings. The number of halogens is 1. The second kappa shape index (κ2) is 8.54. The molecule has 0 aromatic heterocycles. The molecule has 1 aromatic carbocycles. The molecule has 3 unspecified atom stereocenters. The Labute approximate surface area is 163 Å². The van der Waals surface area contributed by atoms with Gasteiger partial charge < -0.3 is 10.6 Å². The van der Waals surface area contributed by atoms with Crippen LogP contribution in [0.15, 0.2) is 24.3 Å². The number of amides is 2. The van der Waals surface area contributed by atoms with Gasteiger partial charge in [-0.25, -0.2) is 17.5 Å². The average Bonchev–Trinajstić information content (AvgIpc) is 3.03. The lowest BCUT2D eigenvalue weighted by Crippen LogP contribution is -2.58. The summed E-state index contributed by atoms with van der Waals surface area (Å²) in [5, 5.41) is 5.66. The van der Waals surface area contributed by atoms with E-state index in [1.165, 1.54) is 12.1 Å². The number of sulfonamides is 1. The summed E-state index contributed by atoms with van der Waals surface area (Å²) in [5.74, 6) is -0.546. The van der Waals surface area contributed by atoms with E-state index >= 15 is 0 Å². The van der Waals surface area contributed by atoms with Gasteiger partial charge in [0.15, 0.2) is 0 Å². The largest absolute Gasteiger partial charge is 0.353 e. The van der Waals surface area contributed by atoms with Crippen LogP contribution in [-0.4, -0.2) is 62.6 Å². The van der Waals surface area contributed by atoms with Crippen LogP contribution < -0.4 is 15.4 Å². The van der Waals surface area contributed by atoms with Crippen LogP contribution in [0.5, 0.6) is 0 Å². The number of piperazine rings is 1. The lowest BCUT2D eigenvalue weighted by Gasteiger charge is -2.37. The average molecular weight is 412 g/mol. The summed E-state index contributed by atoms with van der Waals surface area (Å²) < 4.78 is 38.4. The highest BCUT2D eigenvalue weighted by atomic mass is 32.2. The lowest BCUT2D eigenvalue weighted by atomic mass is 10.0. The van der Waals surface area contributed by atoms with Crippen LogP contribution in [0.3, 0.4) is 0 Å². The van der Waals surface area contributed by atoms with Crippen LogP contribution >= 0.6 is 0 Å². The second-order valence-electron chi connectivity index (χ2n) is 7.38. The maximum Gasteiger partial charge on any atom is 0.237 e. The normalized spacial score (nSPS) is 25.2. The maximum absolute atomic E-state index is 12.9. The Morgan fingerprint density at radius 1 is 1.32 bits per heavy atom. The summed E-state index contributed by atoms with van der Waals surface area (Å²) in [5.41, 5.74) is 0.814. The van der Waals surface area contributed by atoms with Crippen molar-refractivity contribution in [1.29, 1.82) is 0 Å².